The van der Waals surface area contributed by atoms with Gasteiger partial charge < -0.3 is 0 Å². The summed E-state index contributed by atoms with van der Waals surface area (Å²) in [6.07, 6.45) is 9.09. The van der Waals surface area contributed by atoms with E-state index in [0.717, 1.165) is 6.42 Å². The van der Waals surface area contributed by atoms with Gasteiger partial charge in [0.15, 0.2) is 0 Å². The minimum atomic E-state index is 0.182. The predicted octanol–water partition coefficient (Wildman–Crippen LogP) is 6.32. The molecule has 3 aliphatic rings. The molecule has 2 aromatic rings. The number of nitrogens with zero attached hydrogens (tertiary/aromatic N) is 1. The van der Waals surface area contributed by atoms with Crippen LogP contribution in [0.25, 0.3) is 0 Å². The molecule has 136 valence electrons. The van der Waals surface area contributed by atoms with Crippen molar-refractivity contribution in [2.45, 2.75) is 75.5 Å². The van der Waals surface area contributed by atoms with Crippen LogP contribution in [0.15, 0.2) is 54.6 Å². The molecule has 2 fully saturated rings. The van der Waals surface area contributed by atoms with Gasteiger partial charge in [-0.2, -0.15) is 5.06 Å². The maximum absolute atomic E-state index is 6.76. The topological polar surface area (TPSA) is 12.5 Å². The first-order valence-corrected chi connectivity index (χ1v) is 10.4. The van der Waals surface area contributed by atoms with E-state index in [2.05, 4.69) is 66.6 Å². The van der Waals surface area contributed by atoms with Gasteiger partial charge in [0.1, 0.15) is 6.10 Å². The average molecular weight is 348 g/mol. The average Bonchev–Trinajstić information content (AvgIpc) is 3.12. The second kappa shape index (κ2) is 6.51. The summed E-state index contributed by atoms with van der Waals surface area (Å²) in [6, 6.07) is 20.3. The molecule has 2 aliphatic heterocycles. The van der Waals surface area contributed by atoms with Crippen LogP contribution < -0.4 is 0 Å². The first-order valence-electron chi connectivity index (χ1n) is 10.4. The minimum Gasteiger partial charge on any atom is -0.290 e. The van der Waals surface area contributed by atoms with Crippen molar-refractivity contribution in [3.8, 4) is 0 Å². The van der Waals surface area contributed by atoms with E-state index >= 15 is 0 Å². The van der Waals surface area contributed by atoms with Crippen molar-refractivity contribution in [1.82, 2.24) is 5.06 Å². The molecule has 26 heavy (non-hydrogen) atoms. The monoisotopic (exact) mass is 347 g/mol. The van der Waals surface area contributed by atoms with E-state index in [4.69, 9.17) is 4.84 Å². The smallest absolute Gasteiger partial charge is 0.106 e. The van der Waals surface area contributed by atoms with Gasteiger partial charge in [-0.15, -0.1) is 0 Å². The van der Waals surface area contributed by atoms with E-state index in [0.29, 0.717) is 12.0 Å². The molecule has 0 N–H and O–H groups in total. The van der Waals surface area contributed by atoms with Gasteiger partial charge in [-0.1, -0.05) is 80.8 Å². The van der Waals surface area contributed by atoms with Crippen molar-refractivity contribution in [3.63, 3.8) is 0 Å². The summed E-state index contributed by atoms with van der Waals surface area (Å²) in [5, 5.41) is 2.48. The van der Waals surface area contributed by atoms with Crippen molar-refractivity contribution in [2.24, 2.45) is 0 Å². The lowest BCUT2D eigenvalue weighted by Gasteiger charge is -2.45. The summed E-state index contributed by atoms with van der Waals surface area (Å²) in [5.74, 6) is 0.605. The van der Waals surface area contributed by atoms with Gasteiger partial charge >= 0.3 is 0 Å². The van der Waals surface area contributed by atoms with Crippen LogP contribution in [-0.4, -0.2) is 10.6 Å². The fraction of sp³-hybridized carbons (Fsp3) is 0.500. The summed E-state index contributed by atoms with van der Waals surface area (Å²) < 4.78 is 0. The molecule has 0 unspecified atom stereocenters. The molecule has 2 aromatic carbocycles. The van der Waals surface area contributed by atoms with E-state index in [1.54, 1.807) is 5.56 Å². The van der Waals surface area contributed by atoms with Crippen molar-refractivity contribution < 1.29 is 4.84 Å². The van der Waals surface area contributed by atoms with Crippen LogP contribution in [0, 0.1) is 0 Å². The highest BCUT2D eigenvalue weighted by molar-refractivity contribution is 5.36. The SMILES string of the molecule is C[C@@H]1CC2(CCCCC2)N2O[C@H](c3ccccc3)C[C@H]2c2ccccc21. The third-order valence-electron chi connectivity index (χ3n) is 6.96. The molecule has 1 saturated heterocycles. The van der Waals surface area contributed by atoms with Gasteiger partial charge in [0, 0.05) is 12.0 Å². The van der Waals surface area contributed by atoms with Gasteiger partial charge in [0.05, 0.1) is 6.04 Å². The van der Waals surface area contributed by atoms with Crippen LogP contribution in [0.2, 0.25) is 0 Å². The standard InChI is InChI=1S/C24H29NO/c1-18-17-24(14-8-3-9-15-24)25-22(21-13-7-6-12-20(18)21)16-23(26-25)19-10-4-2-5-11-19/h2,4-7,10-13,18,22-23H,3,8-9,14-17H2,1H3/t18-,22+,23+/m1/s1. The van der Waals surface area contributed by atoms with Gasteiger partial charge in [0.2, 0.25) is 0 Å². The largest absolute Gasteiger partial charge is 0.290 e. The molecule has 2 heteroatoms. The van der Waals surface area contributed by atoms with Crippen molar-refractivity contribution in [2.75, 3.05) is 0 Å². The van der Waals surface area contributed by atoms with Gasteiger partial charge in [-0.3, -0.25) is 4.84 Å². The van der Waals surface area contributed by atoms with E-state index in [1.165, 1.54) is 49.7 Å². The molecule has 0 amide bonds. The molecule has 0 radical (unpaired) electrons. The summed E-state index contributed by atoms with van der Waals surface area (Å²) in [7, 11) is 0. The van der Waals surface area contributed by atoms with Gasteiger partial charge in [-0.25, -0.2) is 0 Å². The Balaban J connectivity index is 1.59. The second-order valence-electron chi connectivity index (χ2n) is 8.60. The zero-order chi connectivity index (χ0) is 17.6. The lowest BCUT2D eigenvalue weighted by Crippen LogP contribution is -2.48. The molecular formula is C24H29NO. The number of benzene rings is 2. The molecule has 2 heterocycles. The molecule has 3 atom stereocenters. The highest BCUT2D eigenvalue weighted by Crippen LogP contribution is 2.55. The fourth-order valence-corrected chi connectivity index (χ4v) is 5.78. The Labute approximate surface area is 157 Å². The van der Waals surface area contributed by atoms with Crippen LogP contribution in [0.3, 0.4) is 0 Å². The van der Waals surface area contributed by atoms with Crippen molar-refractivity contribution in [3.05, 3.63) is 71.3 Å². The Morgan fingerprint density at radius 2 is 1.58 bits per heavy atom. The van der Waals surface area contributed by atoms with E-state index in [-0.39, 0.29) is 11.6 Å². The molecule has 0 aromatic heterocycles. The highest BCUT2D eigenvalue weighted by atomic mass is 16.7. The first kappa shape index (κ1) is 16.5. The zero-order valence-corrected chi connectivity index (χ0v) is 15.7. The van der Waals surface area contributed by atoms with Crippen LogP contribution in [0.4, 0.5) is 0 Å². The summed E-state index contributed by atoms with van der Waals surface area (Å²) in [5.41, 5.74) is 4.57. The second-order valence-corrected chi connectivity index (χ2v) is 8.60. The maximum atomic E-state index is 6.76. The van der Waals surface area contributed by atoms with Crippen LogP contribution >= 0.6 is 0 Å². The Morgan fingerprint density at radius 1 is 0.885 bits per heavy atom. The molecule has 1 spiro atoms. The Bertz CT molecular complexity index is 765. The van der Waals surface area contributed by atoms with Crippen LogP contribution in [0.5, 0.6) is 0 Å². The normalized spacial score (nSPS) is 30.6. The third-order valence-corrected chi connectivity index (χ3v) is 6.96. The number of hydroxylamine groups is 2. The Kier molecular flexibility index (Phi) is 4.14. The quantitative estimate of drug-likeness (QED) is 0.599. The molecule has 1 aliphatic carbocycles. The van der Waals surface area contributed by atoms with E-state index < -0.39 is 0 Å². The number of hydrogen-bond donors (Lipinski definition) is 0. The maximum Gasteiger partial charge on any atom is 0.106 e. The molecule has 1 saturated carbocycles. The molecule has 0 bridgehead atoms. The van der Waals surface area contributed by atoms with Crippen LogP contribution in [-0.2, 0) is 4.84 Å². The zero-order valence-electron chi connectivity index (χ0n) is 15.7. The summed E-state index contributed by atoms with van der Waals surface area (Å²) in [4.78, 5) is 6.76. The lowest BCUT2D eigenvalue weighted by atomic mass is 9.75. The molecule has 2 nitrogen and oxygen atoms in total. The molecule has 5 rings (SSSR count). The van der Waals surface area contributed by atoms with Crippen molar-refractivity contribution in [1.29, 1.82) is 0 Å². The summed E-state index contributed by atoms with van der Waals surface area (Å²) in [6.45, 7) is 2.42. The Hall–Kier alpha value is -1.64. The third kappa shape index (κ3) is 2.62. The fourth-order valence-electron chi connectivity index (χ4n) is 5.78. The molecular weight excluding hydrogens is 318 g/mol. The predicted molar refractivity (Wildman–Crippen MR) is 105 cm³/mol. The minimum absolute atomic E-state index is 0.182. The van der Waals surface area contributed by atoms with Gasteiger partial charge in [0.25, 0.3) is 0 Å². The number of rotatable bonds is 1. The highest BCUT2D eigenvalue weighted by Gasteiger charge is 2.51. The number of hydrogen-bond acceptors (Lipinski definition) is 2. The van der Waals surface area contributed by atoms with Gasteiger partial charge in [-0.05, 0) is 41.9 Å². The van der Waals surface area contributed by atoms with E-state index in [9.17, 15) is 0 Å². The number of fused-ring (bicyclic) bond motifs is 4. The summed E-state index contributed by atoms with van der Waals surface area (Å²) >= 11 is 0. The van der Waals surface area contributed by atoms with Crippen molar-refractivity contribution >= 4 is 0 Å². The van der Waals surface area contributed by atoms with E-state index in [1.807, 2.05) is 0 Å². The first-order chi connectivity index (χ1) is 12.8. The lowest BCUT2D eigenvalue weighted by molar-refractivity contribution is -0.238. The Morgan fingerprint density at radius 3 is 2.35 bits per heavy atom. The van der Waals surface area contributed by atoms with Crippen LogP contribution in [0.1, 0.15) is 86.6 Å².